The van der Waals surface area contributed by atoms with E-state index in [-0.39, 0.29) is 25.2 Å². The van der Waals surface area contributed by atoms with Gasteiger partial charge in [-0.3, -0.25) is 4.79 Å². The second kappa shape index (κ2) is 8.42. The monoisotopic (exact) mass is 417 g/mol. The van der Waals surface area contributed by atoms with Crippen LogP contribution in [-0.4, -0.2) is 39.4 Å². The smallest absolute Gasteiger partial charge is 0.341 e. The molecule has 2 heterocycles. The minimum absolute atomic E-state index is 0.119. The van der Waals surface area contributed by atoms with Crippen molar-refractivity contribution in [2.45, 2.75) is 32.2 Å². The van der Waals surface area contributed by atoms with Crippen molar-refractivity contribution in [2.24, 2.45) is 0 Å². The summed E-state index contributed by atoms with van der Waals surface area (Å²) in [6, 6.07) is 5.83. The maximum atomic E-state index is 12.7. The first-order chi connectivity index (χ1) is 14.0. The first-order valence-electron chi connectivity index (χ1n) is 9.77. The van der Waals surface area contributed by atoms with Crippen LogP contribution in [0.4, 0.5) is 5.00 Å². The molecule has 2 N–H and O–H groups in total. The third-order valence-corrected chi connectivity index (χ3v) is 6.43. The Kier molecular flexibility index (Phi) is 5.73. The molecular formula is C21H25N2O5S+. The van der Waals surface area contributed by atoms with Crippen molar-refractivity contribution in [1.29, 1.82) is 0 Å². The number of rotatable bonds is 6. The number of carbonyl (C=O) groups is 2. The van der Waals surface area contributed by atoms with E-state index in [0.717, 1.165) is 53.2 Å². The number of hydrogen-bond acceptors (Lipinski definition) is 6. The standard InChI is InChI=1S/C21H24N2O5S/c1-23(10-13-7-8-15-16(9-13)28-12-27-15)11-18(24)22-20-19(21(25)26-2)14-5-3-4-6-17(14)29-20/h7-9H,3-6,10-12H2,1-2H3,(H,22,24)/p+1. The highest BCUT2D eigenvalue weighted by molar-refractivity contribution is 7.17. The summed E-state index contributed by atoms with van der Waals surface area (Å²) >= 11 is 1.51. The predicted molar refractivity (Wildman–Crippen MR) is 109 cm³/mol. The third-order valence-electron chi connectivity index (χ3n) is 5.22. The van der Waals surface area contributed by atoms with Gasteiger partial charge < -0.3 is 24.4 Å². The van der Waals surface area contributed by atoms with Crippen molar-refractivity contribution >= 4 is 28.2 Å². The number of benzene rings is 1. The van der Waals surface area contributed by atoms with E-state index in [1.54, 1.807) is 0 Å². The number of nitrogens with one attached hydrogen (secondary N) is 2. The molecule has 4 rings (SSSR count). The van der Waals surface area contributed by atoms with Gasteiger partial charge in [0, 0.05) is 10.4 Å². The molecule has 8 heteroatoms. The van der Waals surface area contributed by atoms with E-state index in [9.17, 15) is 9.59 Å². The quantitative estimate of drug-likeness (QED) is 0.701. The summed E-state index contributed by atoms with van der Waals surface area (Å²) in [5.74, 6) is 1.00. The van der Waals surface area contributed by atoms with E-state index in [2.05, 4.69) is 5.32 Å². The summed E-state index contributed by atoms with van der Waals surface area (Å²) in [5.41, 5.74) is 2.65. The lowest BCUT2D eigenvalue weighted by Crippen LogP contribution is -3.08. The summed E-state index contributed by atoms with van der Waals surface area (Å²) < 4.78 is 15.7. The van der Waals surface area contributed by atoms with Crippen LogP contribution in [0.5, 0.6) is 11.5 Å². The van der Waals surface area contributed by atoms with Crippen molar-refractivity contribution in [3.05, 3.63) is 39.8 Å². The number of amides is 1. The topological polar surface area (TPSA) is 78.3 Å². The van der Waals surface area contributed by atoms with Crippen LogP contribution < -0.4 is 19.7 Å². The molecule has 1 amide bonds. The van der Waals surface area contributed by atoms with E-state index >= 15 is 0 Å². The fraction of sp³-hybridized carbons (Fsp3) is 0.429. The van der Waals surface area contributed by atoms with Crippen LogP contribution in [0.15, 0.2) is 18.2 Å². The third kappa shape index (κ3) is 4.23. The number of thiophene rings is 1. The van der Waals surface area contributed by atoms with Gasteiger partial charge in [0.2, 0.25) is 6.79 Å². The van der Waals surface area contributed by atoms with Crippen LogP contribution >= 0.6 is 11.3 Å². The normalized spacial score (nSPS) is 15.5. The highest BCUT2D eigenvalue weighted by Crippen LogP contribution is 2.38. The molecule has 1 aromatic heterocycles. The Morgan fingerprint density at radius 1 is 1.21 bits per heavy atom. The number of esters is 1. The summed E-state index contributed by atoms with van der Waals surface area (Å²) in [6.07, 6.45) is 3.99. The lowest BCUT2D eigenvalue weighted by Gasteiger charge is -2.14. The summed E-state index contributed by atoms with van der Waals surface area (Å²) in [6.45, 7) is 1.21. The largest absolute Gasteiger partial charge is 0.465 e. The second-order valence-electron chi connectivity index (χ2n) is 7.45. The second-order valence-corrected chi connectivity index (χ2v) is 8.56. The molecule has 7 nitrogen and oxygen atoms in total. The van der Waals surface area contributed by atoms with E-state index in [4.69, 9.17) is 14.2 Å². The number of ether oxygens (including phenoxy) is 3. The van der Waals surface area contributed by atoms with Gasteiger partial charge in [0.25, 0.3) is 5.91 Å². The van der Waals surface area contributed by atoms with Gasteiger partial charge in [0.1, 0.15) is 11.5 Å². The zero-order valence-electron chi connectivity index (χ0n) is 16.6. The van der Waals surface area contributed by atoms with Gasteiger partial charge >= 0.3 is 5.97 Å². The SMILES string of the molecule is COC(=O)c1c(NC(=O)C[NH+](C)Cc2ccc3c(c2)OCO3)sc2c1CCCC2. The number of likely N-dealkylation sites (N-methyl/N-ethyl adjacent to an activating group) is 1. The zero-order valence-corrected chi connectivity index (χ0v) is 17.4. The van der Waals surface area contributed by atoms with E-state index in [1.165, 1.54) is 23.3 Å². The summed E-state index contributed by atoms with van der Waals surface area (Å²) in [7, 11) is 3.34. The molecular weight excluding hydrogens is 392 g/mol. The predicted octanol–water partition coefficient (Wildman–Crippen LogP) is 1.80. The molecule has 0 fully saturated rings. The number of aryl methyl sites for hydroxylation is 1. The Morgan fingerprint density at radius 3 is 2.83 bits per heavy atom. The molecule has 29 heavy (non-hydrogen) atoms. The molecule has 0 radical (unpaired) electrons. The number of hydrogen-bond donors (Lipinski definition) is 2. The van der Waals surface area contributed by atoms with Crippen LogP contribution in [0.2, 0.25) is 0 Å². The number of carbonyl (C=O) groups excluding carboxylic acids is 2. The minimum atomic E-state index is -0.374. The molecule has 0 spiro atoms. The molecule has 2 aliphatic rings. The zero-order chi connectivity index (χ0) is 20.4. The van der Waals surface area contributed by atoms with Crippen LogP contribution in [0.25, 0.3) is 0 Å². The average Bonchev–Trinajstić information content (AvgIpc) is 3.30. The molecule has 0 bridgehead atoms. The fourth-order valence-corrected chi connectivity index (χ4v) is 5.17. The fourth-order valence-electron chi connectivity index (χ4n) is 3.88. The Hall–Kier alpha value is -2.58. The van der Waals surface area contributed by atoms with Crippen molar-refractivity contribution in [1.82, 2.24) is 0 Å². The number of anilines is 1. The van der Waals surface area contributed by atoms with Crippen LogP contribution in [0, 0.1) is 0 Å². The van der Waals surface area contributed by atoms with Crippen LogP contribution in [-0.2, 0) is 28.9 Å². The van der Waals surface area contributed by atoms with E-state index < -0.39 is 0 Å². The number of quaternary nitrogens is 1. The minimum Gasteiger partial charge on any atom is -0.465 e. The molecule has 0 saturated carbocycles. The lowest BCUT2D eigenvalue weighted by atomic mass is 9.95. The van der Waals surface area contributed by atoms with Crippen molar-refractivity contribution < 1.29 is 28.7 Å². The van der Waals surface area contributed by atoms with Crippen molar-refractivity contribution in [3.63, 3.8) is 0 Å². The maximum absolute atomic E-state index is 12.7. The van der Waals surface area contributed by atoms with Crippen molar-refractivity contribution in [2.75, 3.05) is 32.8 Å². The molecule has 154 valence electrons. The first-order valence-corrected chi connectivity index (χ1v) is 10.6. The Bertz CT molecular complexity index is 939. The molecule has 1 atom stereocenters. The van der Waals surface area contributed by atoms with Gasteiger partial charge in [0.05, 0.1) is 19.7 Å². The van der Waals surface area contributed by atoms with Gasteiger partial charge in [-0.15, -0.1) is 11.3 Å². The van der Waals surface area contributed by atoms with Gasteiger partial charge in [-0.25, -0.2) is 4.79 Å². The molecule has 1 unspecified atom stereocenters. The van der Waals surface area contributed by atoms with Gasteiger partial charge in [-0.1, -0.05) is 0 Å². The van der Waals surface area contributed by atoms with Crippen LogP contribution in [0.1, 0.15) is 39.2 Å². The molecule has 1 aromatic carbocycles. The summed E-state index contributed by atoms with van der Waals surface area (Å²) in [5, 5.41) is 3.57. The molecule has 1 aliphatic heterocycles. The summed E-state index contributed by atoms with van der Waals surface area (Å²) in [4.78, 5) is 27.2. The molecule has 0 saturated heterocycles. The van der Waals surface area contributed by atoms with Gasteiger partial charge in [0.15, 0.2) is 18.0 Å². The van der Waals surface area contributed by atoms with Crippen LogP contribution in [0.3, 0.4) is 0 Å². The van der Waals surface area contributed by atoms with E-state index in [1.807, 2.05) is 25.2 Å². The van der Waals surface area contributed by atoms with Gasteiger partial charge in [-0.2, -0.15) is 0 Å². The number of methoxy groups -OCH3 is 1. The maximum Gasteiger partial charge on any atom is 0.341 e. The first kappa shape index (κ1) is 19.7. The Morgan fingerprint density at radius 2 is 2.00 bits per heavy atom. The Balaban J connectivity index is 1.41. The molecule has 1 aliphatic carbocycles. The van der Waals surface area contributed by atoms with E-state index in [0.29, 0.717) is 17.1 Å². The van der Waals surface area contributed by atoms with Gasteiger partial charge in [-0.05, 0) is 49.4 Å². The number of fused-ring (bicyclic) bond motifs is 2. The Labute approximate surface area is 173 Å². The highest BCUT2D eigenvalue weighted by Gasteiger charge is 2.27. The molecule has 2 aromatic rings. The average molecular weight is 418 g/mol. The van der Waals surface area contributed by atoms with Crippen molar-refractivity contribution in [3.8, 4) is 11.5 Å². The lowest BCUT2D eigenvalue weighted by molar-refractivity contribution is -0.885. The highest BCUT2D eigenvalue weighted by atomic mass is 32.1.